The number of anilines is 2. The average Bonchev–Trinajstić information content (AvgIpc) is 3.25. The second kappa shape index (κ2) is 12.9. The van der Waals surface area contributed by atoms with E-state index in [-0.39, 0.29) is 11.8 Å². The Morgan fingerprint density at radius 1 is 0.838 bits per heavy atom. The van der Waals surface area contributed by atoms with Crippen LogP contribution in [0.4, 0.5) is 11.4 Å². The molecule has 6 heteroatoms. The first-order chi connectivity index (χ1) is 18.1. The molecule has 0 unspecified atom stereocenters. The maximum atomic E-state index is 13.2. The molecule has 1 aliphatic rings. The highest BCUT2D eigenvalue weighted by Crippen LogP contribution is 2.38. The molecule has 4 N–H and O–H groups in total. The van der Waals surface area contributed by atoms with Crippen LogP contribution in [-0.4, -0.2) is 24.9 Å². The third-order valence-electron chi connectivity index (χ3n) is 6.41. The summed E-state index contributed by atoms with van der Waals surface area (Å²) in [4.78, 5) is 26.0. The standard InChI is InChI=1S/C31H36N4O2/c1-3-5-18-32-21-22-12-15-25(16-13-22)34-29(23-10-8-7-9-11-23)28-26-20-24(30(36)33-19-6-4-2)14-17-27(26)35-31(28)37/h7-17,20,32,34H,3-6,18-19,21H2,1-2H3,(H,33,36)(H,35,37)/b29-28-. The SMILES string of the molecule is CCCCNCc1ccc(N/C(=C2\C(=O)Nc3ccc(C(=O)NCCCC)cc32)c2ccccc2)cc1. The molecule has 0 saturated carbocycles. The van der Waals surface area contributed by atoms with Gasteiger partial charge in [-0.05, 0) is 60.8 Å². The Balaban J connectivity index is 1.66. The summed E-state index contributed by atoms with van der Waals surface area (Å²) in [5.41, 5.74) is 6.17. The van der Waals surface area contributed by atoms with Crippen molar-refractivity contribution < 1.29 is 9.59 Å². The van der Waals surface area contributed by atoms with Crippen molar-refractivity contribution in [1.82, 2.24) is 10.6 Å². The van der Waals surface area contributed by atoms with Crippen molar-refractivity contribution in [2.75, 3.05) is 23.7 Å². The van der Waals surface area contributed by atoms with Crippen molar-refractivity contribution in [2.24, 2.45) is 0 Å². The summed E-state index contributed by atoms with van der Waals surface area (Å²) in [6.45, 7) is 6.74. The predicted molar refractivity (Wildman–Crippen MR) is 152 cm³/mol. The summed E-state index contributed by atoms with van der Waals surface area (Å²) < 4.78 is 0. The van der Waals surface area contributed by atoms with Crippen LogP contribution in [0.1, 0.15) is 66.6 Å². The molecule has 0 aromatic heterocycles. The van der Waals surface area contributed by atoms with Crippen molar-refractivity contribution >= 4 is 34.5 Å². The Hall–Kier alpha value is -3.90. The quantitative estimate of drug-likeness (QED) is 0.182. The van der Waals surface area contributed by atoms with Crippen LogP contribution >= 0.6 is 0 Å². The van der Waals surface area contributed by atoms with E-state index < -0.39 is 0 Å². The molecule has 2 amide bonds. The monoisotopic (exact) mass is 496 g/mol. The van der Waals surface area contributed by atoms with Crippen LogP contribution in [0, 0.1) is 0 Å². The van der Waals surface area contributed by atoms with E-state index in [0.29, 0.717) is 29.1 Å². The Morgan fingerprint density at radius 3 is 2.30 bits per heavy atom. The molecule has 37 heavy (non-hydrogen) atoms. The third-order valence-corrected chi connectivity index (χ3v) is 6.41. The number of unbranched alkanes of at least 4 members (excludes halogenated alkanes) is 2. The Morgan fingerprint density at radius 2 is 1.57 bits per heavy atom. The molecule has 1 aliphatic heterocycles. The predicted octanol–water partition coefficient (Wildman–Crippen LogP) is 6.04. The molecule has 0 aliphatic carbocycles. The molecule has 0 radical (unpaired) electrons. The second-order valence-corrected chi connectivity index (χ2v) is 9.29. The van der Waals surface area contributed by atoms with Gasteiger partial charge in [-0.15, -0.1) is 0 Å². The highest BCUT2D eigenvalue weighted by molar-refractivity contribution is 6.37. The normalized spacial score (nSPS) is 13.6. The fraction of sp³-hybridized carbons (Fsp3) is 0.290. The van der Waals surface area contributed by atoms with E-state index >= 15 is 0 Å². The summed E-state index contributed by atoms with van der Waals surface area (Å²) in [5, 5.41) is 12.9. The number of carbonyl (C=O) groups is 2. The van der Waals surface area contributed by atoms with E-state index in [9.17, 15) is 9.59 Å². The first kappa shape index (κ1) is 26.2. The Kier molecular flexibility index (Phi) is 9.11. The van der Waals surface area contributed by atoms with E-state index in [4.69, 9.17) is 0 Å². The first-order valence-electron chi connectivity index (χ1n) is 13.2. The zero-order valence-electron chi connectivity index (χ0n) is 21.7. The second-order valence-electron chi connectivity index (χ2n) is 9.29. The van der Waals surface area contributed by atoms with Crippen LogP contribution in [0.25, 0.3) is 11.3 Å². The molecule has 192 valence electrons. The van der Waals surface area contributed by atoms with Crippen molar-refractivity contribution in [3.63, 3.8) is 0 Å². The van der Waals surface area contributed by atoms with Crippen LogP contribution in [0.2, 0.25) is 0 Å². The van der Waals surface area contributed by atoms with Crippen LogP contribution < -0.4 is 21.3 Å². The minimum Gasteiger partial charge on any atom is -0.354 e. The smallest absolute Gasteiger partial charge is 0.258 e. The zero-order valence-corrected chi connectivity index (χ0v) is 21.7. The number of benzene rings is 3. The third kappa shape index (κ3) is 6.66. The highest BCUT2D eigenvalue weighted by Gasteiger charge is 2.29. The van der Waals surface area contributed by atoms with Gasteiger partial charge in [0.2, 0.25) is 0 Å². The number of amides is 2. The number of fused-ring (bicyclic) bond motifs is 1. The van der Waals surface area contributed by atoms with Gasteiger partial charge in [0, 0.05) is 35.6 Å². The van der Waals surface area contributed by atoms with Gasteiger partial charge in [-0.1, -0.05) is 69.2 Å². The number of nitrogens with one attached hydrogen (secondary N) is 4. The summed E-state index contributed by atoms with van der Waals surface area (Å²) in [6.07, 6.45) is 4.28. The Labute approximate surface area is 219 Å². The fourth-order valence-electron chi connectivity index (χ4n) is 4.31. The lowest BCUT2D eigenvalue weighted by atomic mass is 9.98. The molecule has 0 fully saturated rings. The van der Waals surface area contributed by atoms with Gasteiger partial charge in [-0.3, -0.25) is 9.59 Å². The van der Waals surface area contributed by atoms with E-state index in [1.807, 2.05) is 42.5 Å². The number of hydrogen-bond acceptors (Lipinski definition) is 4. The van der Waals surface area contributed by atoms with Gasteiger partial charge in [0.05, 0.1) is 11.3 Å². The summed E-state index contributed by atoms with van der Waals surface area (Å²) in [6, 6.07) is 23.4. The molecule has 6 nitrogen and oxygen atoms in total. The van der Waals surface area contributed by atoms with Gasteiger partial charge >= 0.3 is 0 Å². The molecule has 1 heterocycles. The van der Waals surface area contributed by atoms with Crippen LogP contribution in [0.3, 0.4) is 0 Å². The summed E-state index contributed by atoms with van der Waals surface area (Å²) in [5.74, 6) is -0.325. The van der Waals surface area contributed by atoms with Crippen LogP contribution in [-0.2, 0) is 11.3 Å². The molecule has 0 spiro atoms. The maximum absolute atomic E-state index is 13.2. The van der Waals surface area contributed by atoms with E-state index in [1.54, 1.807) is 18.2 Å². The van der Waals surface area contributed by atoms with Gasteiger partial charge in [-0.25, -0.2) is 0 Å². The van der Waals surface area contributed by atoms with Crippen molar-refractivity contribution in [2.45, 2.75) is 46.1 Å². The lowest BCUT2D eigenvalue weighted by Crippen LogP contribution is -2.24. The van der Waals surface area contributed by atoms with Crippen LogP contribution in [0.5, 0.6) is 0 Å². The zero-order chi connectivity index (χ0) is 26.0. The Bertz CT molecular complexity index is 1250. The minimum atomic E-state index is -0.193. The maximum Gasteiger partial charge on any atom is 0.258 e. The van der Waals surface area contributed by atoms with Crippen molar-refractivity contribution in [1.29, 1.82) is 0 Å². The van der Waals surface area contributed by atoms with E-state index in [2.05, 4.69) is 47.2 Å². The first-order valence-corrected chi connectivity index (χ1v) is 13.2. The van der Waals surface area contributed by atoms with Crippen molar-refractivity contribution in [3.05, 3.63) is 95.1 Å². The number of hydrogen-bond donors (Lipinski definition) is 4. The molecule has 3 aromatic carbocycles. The number of carbonyl (C=O) groups excluding carboxylic acids is 2. The highest BCUT2D eigenvalue weighted by atomic mass is 16.2. The molecule has 4 rings (SSSR count). The molecule has 0 bridgehead atoms. The molecule has 3 aromatic rings. The lowest BCUT2D eigenvalue weighted by molar-refractivity contribution is -0.110. The van der Waals surface area contributed by atoms with Gasteiger partial charge in [0.1, 0.15) is 0 Å². The topological polar surface area (TPSA) is 82.3 Å². The lowest BCUT2D eigenvalue weighted by Gasteiger charge is -2.15. The minimum absolute atomic E-state index is 0.132. The largest absolute Gasteiger partial charge is 0.354 e. The van der Waals surface area contributed by atoms with Gasteiger partial charge in [-0.2, -0.15) is 0 Å². The number of rotatable bonds is 12. The average molecular weight is 497 g/mol. The van der Waals surface area contributed by atoms with Crippen LogP contribution in [0.15, 0.2) is 72.8 Å². The van der Waals surface area contributed by atoms with Gasteiger partial charge < -0.3 is 21.3 Å². The molecule has 0 saturated heterocycles. The van der Waals surface area contributed by atoms with E-state index in [1.165, 1.54) is 18.4 Å². The molecular formula is C31H36N4O2. The fourth-order valence-corrected chi connectivity index (χ4v) is 4.31. The summed E-state index contributed by atoms with van der Waals surface area (Å²) >= 11 is 0. The molecule has 0 atom stereocenters. The van der Waals surface area contributed by atoms with Gasteiger partial charge in [0.15, 0.2) is 0 Å². The summed E-state index contributed by atoms with van der Waals surface area (Å²) in [7, 11) is 0. The van der Waals surface area contributed by atoms with Gasteiger partial charge in [0.25, 0.3) is 11.8 Å². The molecular weight excluding hydrogens is 460 g/mol. The van der Waals surface area contributed by atoms with E-state index in [0.717, 1.165) is 42.7 Å². The van der Waals surface area contributed by atoms with Crippen molar-refractivity contribution in [3.8, 4) is 0 Å².